The van der Waals surface area contributed by atoms with Crippen LogP contribution in [0.3, 0.4) is 0 Å². The number of rotatable bonds is 18. The van der Waals surface area contributed by atoms with Crippen LogP contribution >= 0.6 is 15.9 Å². The number of aliphatic carboxylic acids is 4. The zero-order valence-electron chi connectivity index (χ0n) is 25.8. The highest BCUT2D eigenvalue weighted by molar-refractivity contribution is 9.10. The van der Waals surface area contributed by atoms with E-state index in [1.165, 1.54) is 6.07 Å². The number of hydrogen-bond donors (Lipinski definition) is 4. The third-order valence-corrected chi connectivity index (χ3v) is 7.74. The van der Waals surface area contributed by atoms with Gasteiger partial charge in [0.1, 0.15) is 63.2 Å². The van der Waals surface area contributed by atoms with E-state index in [-0.39, 0.29) is 42.7 Å². The van der Waals surface area contributed by atoms with E-state index in [0.29, 0.717) is 5.75 Å². The maximum Gasteiger partial charge on any atom is 0.323 e. The zero-order chi connectivity index (χ0) is 34.8. The van der Waals surface area contributed by atoms with Gasteiger partial charge in [-0.1, -0.05) is 52.3 Å². The standard InChI is InChI=1S/C34H33BrN2O11/c1-21-6-10-27(36(16-31(38)39)17-32(40)41)30(14-21)47-13-12-46-29-11-8-23(15-28(29)37(18-33(42)43)19-34(44)45)48-20-25-24-5-3-2-4-22(24)7-9-26(25)35/h2-11,14-15H,12-13,16-20H2,1H3,(H,38,39)(H,40,41)(H,42,43)(H,44,45). The molecule has 252 valence electrons. The fourth-order valence-electron chi connectivity index (χ4n) is 4.97. The van der Waals surface area contributed by atoms with Gasteiger partial charge in [-0.2, -0.15) is 0 Å². The van der Waals surface area contributed by atoms with E-state index in [1.54, 1.807) is 37.3 Å². The van der Waals surface area contributed by atoms with E-state index in [9.17, 15) is 39.6 Å². The summed E-state index contributed by atoms with van der Waals surface area (Å²) in [6, 6.07) is 21.3. The summed E-state index contributed by atoms with van der Waals surface area (Å²) in [6.07, 6.45) is 0. The van der Waals surface area contributed by atoms with Gasteiger partial charge in [0.25, 0.3) is 0 Å². The molecule has 0 aliphatic rings. The molecular formula is C34H33BrN2O11. The van der Waals surface area contributed by atoms with Gasteiger partial charge in [-0.3, -0.25) is 19.2 Å². The molecule has 0 fully saturated rings. The van der Waals surface area contributed by atoms with Crippen molar-refractivity contribution in [2.24, 2.45) is 0 Å². The molecule has 0 heterocycles. The largest absolute Gasteiger partial charge is 0.489 e. The quantitative estimate of drug-likeness (QED) is 0.102. The molecule has 14 heteroatoms. The number of halogens is 1. The summed E-state index contributed by atoms with van der Waals surface area (Å²) in [4.78, 5) is 48.5. The Bertz CT molecular complexity index is 1780. The van der Waals surface area contributed by atoms with Crippen molar-refractivity contribution in [3.05, 3.63) is 88.4 Å². The van der Waals surface area contributed by atoms with Crippen LogP contribution in [0.4, 0.5) is 11.4 Å². The van der Waals surface area contributed by atoms with Crippen LogP contribution in [0.15, 0.2) is 77.3 Å². The normalized spacial score (nSPS) is 10.7. The lowest BCUT2D eigenvalue weighted by Gasteiger charge is -2.25. The molecule has 0 aromatic heterocycles. The Kier molecular flexibility index (Phi) is 12.1. The topological polar surface area (TPSA) is 183 Å². The van der Waals surface area contributed by atoms with Crippen molar-refractivity contribution in [3.63, 3.8) is 0 Å². The molecule has 4 N–H and O–H groups in total. The van der Waals surface area contributed by atoms with E-state index in [2.05, 4.69) is 15.9 Å². The van der Waals surface area contributed by atoms with E-state index < -0.39 is 50.1 Å². The molecule has 0 amide bonds. The Labute approximate surface area is 283 Å². The van der Waals surface area contributed by atoms with Gasteiger partial charge in [0, 0.05) is 16.1 Å². The Morgan fingerprint density at radius 3 is 1.85 bits per heavy atom. The molecule has 0 radical (unpaired) electrons. The number of aryl methyl sites for hydroxylation is 1. The van der Waals surface area contributed by atoms with Gasteiger partial charge >= 0.3 is 23.9 Å². The molecular weight excluding hydrogens is 692 g/mol. The van der Waals surface area contributed by atoms with Crippen molar-refractivity contribution >= 4 is 62.0 Å². The predicted octanol–water partition coefficient (Wildman–Crippen LogP) is 4.90. The van der Waals surface area contributed by atoms with E-state index >= 15 is 0 Å². The number of anilines is 2. The molecule has 4 rings (SSSR count). The molecule has 0 saturated carbocycles. The highest BCUT2D eigenvalue weighted by Gasteiger charge is 2.21. The van der Waals surface area contributed by atoms with Crippen molar-refractivity contribution in [2.45, 2.75) is 13.5 Å². The summed E-state index contributed by atoms with van der Waals surface area (Å²) < 4.78 is 18.8. The Morgan fingerprint density at radius 2 is 1.23 bits per heavy atom. The van der Waals surface area contributed by atoms with Gasteiger partial charge in [-0.15, -0.1) is 0 Å². The molecule has 0 aliphatic heterocycles. The molecule has 0 bridgehead atoms. The number of benzene rings is 4. The first-order valence-corrected chi connectivity index (χ1v) is 15.4. The van der Waals surface area contributed by atoms with Crippen LogP contribution in [0.25, 0.3) is 10.8 Å². The van der Waals surface area contributed by atoms with Crippen molar-refractivity contribution < 1.29 is 53.8 Å². The lowest BCUT2D eigenvalue weighted by molar-refractivity contribution is -0.138. The monoisotopic (exact) mass is 724 g/mol. The molecule has 0 unspecified atom stereocenters. The third kappa shape index (κ3) is 9.75. The number of ether oxygens (including phenoxy) is 3. The Morgan fingerprint density at radius 1 is 0.646 bits per heavy atom. The number of carboxylic acids is 4. The number of nitrogens with zero attached hydrogens (tertiary/aromatic N) is 2. The first kappa shape index (κ1) is 35.4. The van der Waals surface area contributed by atoms with Crippen LogP contribution < -0.4 is 24.0 Å². The second-order valence-electron chi connectivity index (χ2n) is 10.6. The fraction of sp³-hybridized carbons (Fsp3) is 0.235. The maximum absolute atomic E-state index is 11.7. The number of fused-ring (bicyclic) bond motifs is 1. The van der Waals surface area contributed by atoms with E-state index in [1.807, 2.05) is 36.4 Å². The molecule has 0 saturated heterocycles. The first-order chi connectivity index (χ1) is 22.9. The number of carbonyl (C=O) groups is 4. The molecule has 4 aromatic carbocycles. The fourth-order valence-corrected chi connectivity index (χ4v) is 5.43. The zero-order valence-corrected chi connectivity index (χ0v) is 27.4. The average molecular weight is 726 g/mol. The van der Waals surface area contributed by atoms with Crippen LogP contribution in [0.1, 0.15) is 11.1 Å². The van der Waals surface area contributed by atoms with E-state index in [0.717, 1.165) is 36.2 Å². The van der Waals surface area contributed by atoms with Gasteiger partial charge in [0.15, 0.2) is 0 Å². The van der Waals surface area contributed by atoms with Crippen molar-refractivity contribution in [1.82, 2.24) is 0 Å². The van der Waals surface area contributed by atoms with E-state index in [4.69, 9.17) is 14.2 Å². The smallest absolute Gasteiger partial charge is 0.323 e. The van der Waals surface area contributed by atoms with Crippen LogP contribution in [0, 0.1) is 6.92 Å². The third-order valence-electron chi connectivity index (χ3n) is 7.00. The summed E-state index contributed by atoms with van der Waals surface area (Å²) in [7, 11) is 0. The SMILES string of the molecule is Cc1ccc(N(CC(=O)O)CC(=O)O)c(OCCOc2ccc(OCc3c(Br)ccc4ccccc34)cc2N(CC(=O)O)CC(=O)O)c1. The molecule has 4 aromatic rings. The number of carboxylic acid groups (broad SMARTS) is 4. The molecule has 48 heavy (non-hydrogen) atoms. The van der Waals surface area contributed by atoms with Gasteiger partial charge in [0.05, 0.1) is 11.4 Å². The highest BCUT2D eigenvalue weighted by atomic mass is 79.9. The summed E-state index contributed by atoms with van der Waals surface area (Å²) >= 11 is 3.58. The molecule has 0 atom stereocenters. The Balaban J connectivity index is 1.56. The van der Waals surface area contributed by atoms with Crippen LogP contribution in [-0.2, 0) is 25.8 Å². The van der Waals surface area contributed by atoms with Gasteiger partial charge < -0.3 is 44.4 Å². The van der Waals surface area contributed by atoms with Gasteiger partial charge in [-0.25, -0.2) is 0 Å². The average Bonchev–Trinajstić information content (AvgIpc) is 3.01. The van der Waals surface area contributed by atoms with Crippen molar-refractivity contribution in [2.75, 3.05) is 49.2 Å². The minimum absolute atomic E-state index is 0.0743. The first-order valence-electron chi connectivity index (χ1n) is 14.6. The lowest BCUT2D eigenvalue weighted by atomic mass is 10.1. The molecule has 0 aliphatic carbocycles. The summed E-state index contributed by atoms with van der Waals surface area (Å²) in [5.41, 5.74) is 2.10. The second-order valence-corrected chi connectivity index (χ2v) is 11.5. The summed E-state index contributed by atoms with van der Waals surface area (Å²) in [5.74, 6) is -4.20. The van der Waals surface area contributed by atoms with Crippen molar-refractivity contribution in [3.8, 4) is 17.2 Å². The van der Waals surface area contributed by atoms with Crippen molar-refractivity contribution in [1.29, 1.82) is 0 Å². The second kappa shape index (κ2) is 16.4. The minimum Gasteiger partial charge on any atom is -0.489 e. The highest BCUT2D eigenvalue weighted by Crippen LogP contribution is 2.35. The maximum atomic E-state index is 11.7. The van der Waals surface area contributed by atoms with Gasteiger partial charge in [0.2, 0.25) is 0 Å². The molecule has 0 spiro atoms. The van der Waals surface area contributed by atoms with Crippen LogP contribution in [0.5, 0.6) is 17.2 Å². The van der Waals surface area contributed by atoms with Gasteiger partial charge in [-0.05, 0) is 53.6 Å². The predicted molar refractivity (Wildman–Crippen MR) is 180 cm³/mol. The number of hydrogen-bond acceptors (Lipinski definition) is 9. The summed E-state index contributed by atoms with van der Waals surface area (Å²) in [5, 5.41) is 39.7. The Hall–Kier alpha value is -5.50. The lowest BCUT2D eigenvalue weighted by Crippen LogP contribution is -2.35. The van der Waals surface area contributed by atoms with Crippen LogP contribution in [0.2, 0.25) is 0 Å². The minimum atomic E-state index is -1.25. The summed E-state index contributed by atoms with van der Waals surface area (Å²) in [6.45, 7) is -0.612. The van der Waals surface area contributed by atoms with Crippen LogP contribution in [-0.4, -0.2) is 83.7 Å². The molecule has 13 nitrogen and oxygen atoms in total.